The number of halogens is 1. The molecule has 2 aromatic carbocycles. The lowest BCUT2D eigenvalue weighted by Crippen LogP contribution is -2.50. The molecule has 0 bridgehead atoms. The highest BCUT2D eigenvalue weighted by Crippen LogP contribution is 2.34. The number of hydrogen-bond donors (Lipinski definition) is 2. The monoisotopic (exact) mass is 531 g/mol. The average molecular weight is 532 g/mol. The van der Waals surface area contributed by atoms with Crippen LogP contribution in [-0.4, -0.2) is 67.7 Å². The quantitative estimate of drug-likeness (QED) is 0.551. The summed E-state index contributed by atoms with van der Waals surface area (Å²) >= 11 is 0. The van der Waals surface area contributed by atoms with Crippen LogP contribution in [0.2, 0.25) is 0 Å². The van der Waals surface area contributed by atoms with Gasteiger partial charge in [0.25, 0.3) is 0 Å². The van der Waals surface area contributed by atoms with Crippen LogP contribution in [0.25, 0.3) is 0 Å². The molecule has 8 nitrogen and oxygen atoms in total. The Bertz CT molecular complexity index is 1270. The fourth-order valence-electron chi connectivity index (χ4n) is 3.94. The van der Waals surface area contributed by atoms with Gasteiger partial charge in [-0.15, -0.1) is 0 Å². The van der Waals surface area contributed by atoms with Crippen molar-refractivity contribution < 1.29 is 27.4 Å². The van der Waals surface area contributed by atoms with Crippen LogP contribution >= 0.6 is 0 Å². The number of aliphatic hydroxyl groups is 1. The van der Waals surface area contributed by atoms with E-state index >= 15 is 0 Å². The number of unbranched alkanes of at least 4 members (excludes halogenated alkanes) is 1. The molecule has 3 rings (SSSR count). The number of hydrogen-bond acceptors (Lipinski definition) is 5. The summed E-state index contributed by atoms with van der Waals surface area (Å²) in [6.45, 7) is 5.32. The third-order valence-corrected chi connectivity index (χ3v) is 8.21. The van der Waals surface area contributed by atoms with Gasteiger partial charge in [0.15, 0.2) is 0 Å². The molecule has 0 aromatic heterocycles. The molecule has 0 radical (unpaired) electrons. The van der Waals surface area contributed by atoms with Gasteiger partial charge in [0.1, 0.15) is 22.6 Å². The maximum absolute atomic E-state index is 14.0. The number of aliphatic hydroxyl groups excluding tert-OH is 1. The van der Waals surface area contributed by atoms with Gasteiger partial charge in [-0.25, -0.2) is 17.6 Å². The minimum atomic E-state index is -3.98. The Labute approximate surface area is 218 Å². The van der Waals surface area contributed by atoms with E-state index in [-0.39, 0.29) is 41.9 Å². The average Bonchev–Trinajstić information content (AvgIpc) is 2.87. The maximum atomic E-state index is 14.0. The fraction of sp³-hybridized carbons (Fsp3) is 0.444. The largest absolute Gasteiger partial charge is 0.487 e. The Kier molecular flexibility index (Phi) is 9.54. The summed E-state index contributed by atoms with van der Waals surface area (Å²) in [5.41, 5.74) is 0.669. The number of para-hydroxylation sites is 1. The van der Waals surface area contributed by atoms with Crippen LogP contribution in [0.5, 0.6) is 5.75 Å². The molecule has 10 heteroatoms. The van der Waals surface area contributed by atoms with Crippen molar-refractivity contribution in [1.82, 2.24) is 9.21 Å². The molecule has 0 aliphatic carbocycles. The van der Waals surface area contributed by atoms with Crippen molar-refractivity contribution in [3.05, 3.63) is 53.8 Å². The molecule has 1 aliphatic rings. The minimum absolute atomic E-state index is 0.0239. The van der Waals surface area contributed by atoms with Gasteiger partial charge < -0.3 is 20.1 Å². The first kappa shape index (κ1) is 28.4. The van der Waals surface area contributed by atoms with Gasteiger partial charge in [-0.3, -0.25) is 0 Å². The normalized spacial score (nSPS) is 19.7. The zero-order chi connectivity index (χ0) is 27.2. The summed E-state index contributed by atoms with van der Waals surface area (Å²) in [7, 11) is -2.42. The SMILES string of the molecule is CCCC#Cc1ccc2c(c1)O[C@H](CN(C)C(=O)Nc1ccccc1F)[C@@H](C)CN([C@H](C)CO)S2(=O)=O. The number of benzene rings is 2. The summed E-state index contributed by atoms with van der Waals surface area (Å²) < 4.78 is 48.7. The second-order valence-electron chi connectivity index (χ2n) is 9.24. The molecule has 2 aromatic rings. The number of carbonyl (C=O) groups is 1. The molecule has 0 unspecified atom stereocenters. The van der Waals surface area contributed by atoms with Gasteiger partial charge >= 0.3 is 6.03 Å². The predicted octanol–water partition coefficient (Wildman–Crippen LogP) is 3.91. The number of carbonyl (C=O) groups excluding carboxylic acids is 1. The Balaban J connectivity index is 1.95. The van der Waals surface area contributed by atoms with E-state index in [4.69, 9.17) is 4.74 Å². The van der Waals surface area contributed by atoms with Crippen LogP contribution < -0.4 is 10.1 Å². The number of likely N-dealkylation sites (N-methyl/N-ethyl adjacent to an activating group) is 1. The number of nitrogens with zero attached hydrogens (tertiary/aromatic N) is 2. The molecule has 0 fully saturated rings. The van der Waals surface area contributed by atoms with Crippen molar-refractivity contribution in [3.63, 3.8) is 0 Å². The first-order chi connectivity index (χ1) is 17.6. The number of anilines is 1. The predicted molar refractivity (Wildman–Crippen MR) is 140 cm³/mol. The minimum Gasteiger partial charge on any atom is -0.487 e. The molecule has 200 valence electrons. The van der Waals surface area contributed by atoms with E-state index < -0.39 is 34.0 Å². The molecule has 0 saturated carbocycles. The summed E-state index contributed by atoms with van der Waals surface area (Å²) in [6, 6.07) is 9.38. The highest BCUT2D eigenvalue weighted by Gasteiger charge is 2.38. The summed E-state index contributed by atoms with van der Waals surface area (Å²) in [5, 5.41) is 12.3. The van der Waals surface area contributed by atoms with Crippen molar-refractivity contribution in [3.8, 4) is 17.6 Å². The van der Waals surface area contributed by atoms with Crippen LogP contribution in [0.4, 0.5) is 14.9 Å². The smallest absolute Gasteiger partial charge is 0.321 e. The molecular formula is C27H34FN3O5S. The highest BCUT2D eigenvalue weighted by atomic mass is 32.2. The van der Waals surface area contributed by atoms with Crippen LogP contribution in [-0.2, 0) is 10.0 Å². The second kappa shape index (κ2) is 12.4. The summed E-state index contributed by atoms with van der Waals surface area (Å²) in [5.74, 6) is 5.31. The number of sulfonamides is 1. The molecule has 1 heterocycles. The van der Waals surface area contributed by atoms with Gasteiger partial charge in [-0.05, 0) is 43.7 Å². The maximum Gasteiger partial charge on any atom is 0.321 e. The molecular weight excluding hydrogens is 497 g/mol. The highest BCUT2D eigenvalue weighted by molar-refractivity contribution is 7.89. The topological polar surface area (TPSA) is 99.2 Å². The number of amides is 2. The van der Waals surface area contributed by atoms with Gasteiger partial charge in [-0.1, -0.05) is 37.8 Å². The van der Waals surface area contributed by atoms with Crippen LogP contribution in [0.3, 0.4) is 0 Å². The number of fused-ring (bicyclic) bond motifs is 1. The van der Waals surface area contributed by atoms with Crippen molar-refractivity contribution >= 4 is 21.7 Å². The third kappa shape index (κ3) is 6.80. The molecule has 0 spiro atoms. The molecule has 2 amide bonds. The van der Waals surface area contributed by atoms with E-state index in [0.29, 0.717) is 12.0 Å². The van der Waals surface area contributed by atoms with Crippen molar-refractivity contribution in [2.45, 2.75) is 50.7 Å². The zero-order valence-corrected chi connectivity index (χ0v) is 22.4. The Morgan fingerprint density at radius 1 is 1.32 bits per heavy atom. The lowest BCUT2D eigenvalue weighted by molar-refractivity contribution is 0.0830. The van der Waals surface area contributed by atoms with Gasteiger partial charge in [0.2, 0.25) is 10.0 Å². The van der Waals surface area contributed by atoms with Crippen molar-refractivity contribution in [2.75, 3.05) is 32.1 Å². The van der Waals surface area contributed by atoms with Crippen molar-refractivity contribution in [2.24, 2.45) is 5.92 Å². The molecule has 3 atom stereocenters. The number of ether oxygens (including phenoxy) is 1. The van der Waals surface area contributed by atoms with Crippen molar-refractivity contribution in [1.29, 1.82) is 0 Å². The number of nitrogens with one attached hydrogen (secondary N) is 1. The lowest BCUT2D eigenvalue weighted by Gasteiger charge is -2.37. The van der Waals surface area contributed by atoms with E-state index in [9.17, 15) is 22.7 Å². The van der Waals surface area contributed by atoms with Gasteiger partial charge in [0.05, 0.1) is 18.8 Å². The van der Waals surface area contributed by atoms with E-state index in [2.05, 4.69) is 17.2 Å². The second-order valence-corrected chi connectivity index (χ2v) is 11.1. The van der Waals surface area contributed by atoms with E-state index in [0.717, 1.165) is 6.42 Å². The molecule has 1 aliphatic heterocycles. The Morgan fingerprint density at radius 2 is 2.05 bits per heavy atom. The number of urea groups is 1. The van der Waals surface area contributed by atoms with Crippen LogP contribution in [0.15, 0.2) is 47.4 Å². The third-order valence-electron chi connectivity index (χ3n) is 6.19. The van der Waals surface area contributed by atoms with Gasteiger partial charge in [0, 0.05) is 37.5 Å². The zero-order valence-electron chi connectivity index (χ0n) is 21.6. The van der Waals surface area contributed by atoms with Gasteiger partial charge in [-0.2, -0.15) is 4.31 Å². The van der Waals surface area contributed by atoms with Crippen LogP contribution in [0.1, 0.15) is 39.2 Å². The number of rotatable bonds is 6. The molecule has 0 saturated heterocycles. The fourth-order valence-corrected chi connectivity index (χ4v) is 5.76. The Hall–Kier alpha value is -3.13. The first-order valence-electron chi connectivity index (χ1n) is 12.3. The van der Waals surface area contributed by atoms with Crippen LogP contribution in [0, 0.1) is 23.6 Å². The van der Waals surface area contributed by atoms with E-state index in [1.165, 1.54) is 33.5 Å². The summed E-state index contributed by atoms with van der Waals surface area (Å²) in [6.07, 6.45) is 1.01. The summed E-state index contributed by atoms with van der Waals surface area (Å²) in [4.78, 5) is 14.1. The van der Waals surface area contributed by atoms with E-state index in [1.807, 2.05) is 13.8 Å². The lowest BCUT2D eigenvalue weighted by atomic mass is 10.0. The Morgan fingerprint density at radius 3 is 2.73 bits per heavy atom. The standard InChI is InChI=1S/C27H34FN3O5S/c1-5-6-7-10-21-13-14-26-24(15-21)36-25(19(2)16-31(20(3)18-32)37(26,34)35)17-30(4)27(33)29-23-12-9-8-11-22(23)28/h8-9,11-15,19-20,25,32H,5-6,16-18H2,1-4H3,(H,29,33)/t19-,20+,25+/m0/s1. The first-order valence-corrected chi connectivity index (χ1v) is 13.7. The van der Waals surface area contributed by atoms with E-state index in [1.54, 1.807) is 32.2 Å². The molecule has 37 heavy (non-hydrogen) atoms. The molecule has 2 N–H and O–H groups in total.